The predicted octanol–water partition coefficient (Wildman–Crippen LogP) is 2.12. The first-order valence-electron chi connectivity index (χ1n) is 8.86. The molecule has 0 aromatic heterocycles. The van der Waals surface area contributed by atoms with Gasteiger partial charge in [-0.3, -0.25) is 4.79 Å². The van der Waals surface area contributed by atoms with Crippen LogP contribution in [0.15, 0.2) is 18.2 Å². The molecule has 2 N–H and O–H groups in total. The van der Waals surface area contributed by atoms with Gasteiger partial charge in [0.2, 0.25) is 5.91 Å². The fourth-order valence-corrected chi connectivity index (χ4v) is 3.99. The van der Waals surface area contributed by atoms with E-state index in [-0.39, 0.29) is 17.0 Å². The number of carbonyl (C=O) groups is 3. The molecule has 1 aromatic carbocycles. The van der Waals surface area contributed by atoms with E-state index in [4.69, 9.17) is 9.47 Å². The third kappa shape index (κ3) is 4.22. The van der Waals surface area contributed by atoms with Crippen LogP contribution in [0.3, 0.4) is 0 Å². The van der Waals surface area contributed by atoms with E-state index < -0.39 is 11.9 Å². The summed E-state index contributed by atoms with van der Waals surface area (Å²) < 4.78 is 9.41. The van der Waals surface area contributed by atoms with E-state index >= 15 is 0 Å². The van der Waals surface area contributed by atoms with Gasteiger partial charge in [0.05, 0.1) is 25.3 Å². The summed E-state index contributed by atoms with van der Waals surface area (Å²) in [6.45, 7) is 0. The van der Waals surface area contributed by atoms with Crippen molar-refractivity contribution in [3.8, 4) is 0 Å². The largest absolute Gasteiger partial charge is 0.465 e. The zero-order valence-corrected chi connectivity index (χ0v) is 15.0. The Kier molecular flexibility index (Phi) is 5.56. The zero-order valence-electron chi connectivity index (χ0n) is 15.0. The predicted molar refractivity (Wildman–Crippen MR) is 95.0 cm³/mol. The first-order valence-corrected chi connectivity index (χ1v) is 8.86. The summed E-state index contributed by atoms with van der Waals surface area (Å²) in [5.41, 5.74) is 0.756. The second-order valence-electron chi connectivity index (χ2n) is 7.01. The number of hydrogen-bond donors (Lipinski definition) is 2. The Morgan fingerprint density at radius 2 is 1.54 bits per heavy atom. The van der Waals surface area contributed by atoms with Crippen molar-refractivity contribution < 1.29 is 23.9 Å². The van der Waals surface area contributed by atoms with Crippen molar-refractivity contribution in [2.24, 2.45) is 5.92 Å². The molecule has 2 bridgehead atoms. The van der Waals surface area contributed by atoms with Gasteiger partial charge in [-0.25, -0.2) is 9.59 Å². The number of amides is 1. The Morgan fingerprint density at radius 1 is 1.00 bits per heavy atom. The number of methoxy groups -OCH3 is 2. The quantitative estimate of drug-likeness (QED) is 0.781. The second-order valence-corrected chi connectivity index (χ2v) is 7.01. The molecule has 0 spiro atoms. The molecule has 2 unspecified atom stereocenters. The van der Waals surface area contributed by atoms with Crippen molar-refractivity contribution >= 4 is 23.5 Å². The van der Waals surface area contributed by atoms with Gasteiger partial charge in [0, 0.05) is 24.2 Å². The molecule has 0 saturated carbocycles. The smallest absolute Gasteiger partial charge is 0.337 e. The van der Waals surface area contributed by atoms with Gasteiger partial charge in [-0.05, 0) is 49.8 Å². The molecular weight excluding hydrogens is 336 g/mol. The van der Waals surface area contributed by atoms with Crippen LogP contribution in [-0.2, 0) is 14.3 Å². The fraction of sp³-hybridized carbons (Fsp3) is 0.526. The van der Waals surface area contributed by atoms with Crippen LogP contribution in [0.25, 0.3) is 0 Å². The molecule has 2 aliphatic heterocycles. The van der Waals surface area contributed by atoms with Gasteiger partial charge in [-0.15, -0.1) is 0 Å². The Morgan fingerprint density at radius 3 is 2.04 bits per heavy atom. The lowest BCUT2D eigenvalue weighted by Crippen LogP contribution is -2.39. The lowest BCUT2D eigenvalue weighted by Gasteiger charge is -2.28. The fourth-order valence-electron chi connectivity index (χ4n) is 3.99. The molecule has 7 heteroatoms. The topological polar surface area (TPSA) is 93.7 Å². The van der Waals surface area contributed by atoms with Crippen LogP contribution >= 0.6 is 0 Å². The van der Waals surface area contributed by atoms with E-state index in [1.54, 1.807) is 0 Å². The number of esters is 2. The Balaban J connectivity index is 1.70. The van der Waals surface area contributed by atoms with Crippen molar-refractivity contribution in [1.29, 1.82) is 0 Å². The molecule has 7 nitrogen and oxygen atoms in total. The number of piperidine rings is 1. The van der Waals surface area contributed by atoms with Gasteiger partial charge in [0.15, 0.2) is 0 Å². The highest BCUT2D eigenvalue weighted by Gasteiger charge is 2.34. The van der Waals surface area contributed by atoms with Crippen molar-refractivity contribution in [2.75, 3.05) is 19.5 Å². The third-order valence-corrected chi connectivity index (χ3v) is 5.10. The molecule has 3 rings (SSSR count). The highest BCUT2D eigenvalue weighted by molar-refractivity contribution is 5.99. The number of nitrogens with one attached hydrogen (secondary N) is 2. The van der Waals surface area contributed by atoms with Gasteiger partial charge in [0.1, 0.15) is 0 Å². The number of rotatable bonds is 5. The summed E-state index contributed by atoms with van der Waals surface area (Å²) in [5, 5.41) is 6.36. The molecule has 140 valence electrons. The van der Waals surface area contributed by atoms with Gasteiger partial charge in [0.25, 0.3) is 0 Å². The molecule has 2 fully saturated rings. The van der Waals surface area contributed by atoms with Crippen LogP contribution in [0.1, 0.15) is 52.8 Å². The number of anilines is 1. The molecule has 1 aromatic rings. The van der Waals surface area contributed by atoms with E-state index in [0.29, 0.717) is 30.1 Å². The summed E-state index contributed by atoms with van der Waals surface area (Å²) in [5.74, 6) is -0.922. The minimum absolute atomic E-state index is 0.117. The summed E-state index contributed by atoms with van der Waals surface area (Å²) in [6, 6.07) is 5.45. The van der Waals surface area contributed by atoms with Crippen molar-refractivity contribution in [3.63, 3.8) is 0 Å². The molecule has 26 heavy (non-hydrogen) atoms. The van der Waals surface area contributed by atoms with Crippen molar-refractivity contribution in [3.05, 3.63) is 29.3 Å². The highest BCUT2D eigenvalue weighted by Crippen LogP contribution is 2.32. The molecular formula is C19H24N2O5. The van der Waals surface area contributed by atoms with E-state index in [1.807, 2.05) is 0 Å². The normalized spacial score (nSPS) is 24.0. The average molecular weight is 360 g/mol. The summed E-state index contributed by atoms with van der Waals surface area (Å²) in [7, 11) is 2.52. The van der Waals surface area contributed by atoms with Gasteiger partial charge >= 0.3 is 11.9 Å². The van der Waals surface area contributed by atoms with Crippen LogP contribution in [0.2, 0.25) is 0 Å². The molecule has 0 aliphatic carbocycles. The second kappa shape index (κ2) is 7.86. The van der Waals surface area contributed by atoms with E-state index in [9.17, 15) is 14.4 Å². The lowest BCUT2D eigenvalue weighted by molar-refractivity contribution is -0.117. The van der Waals surface area contributed by atoms with Crippen LogP contribution in [0.4, 0.5) is 5.69 Å². The number of benzene rings is 1. The summed E-state index contributed by atoms with van der Waals surface area (Å²) >= 11 is 0. The molecule has 2 atom stereocenters. The Bertz CT molecular complexity index is 672. The summed E-state index contributed by atoms with van der Waals surface area (Å²) in [6.07, 6.45) is 4.84. The maximum atomic E-state index is 12.5. The standard InChI is InChI=1S/C19H24N2O5/c1-25-18(23)12-8-13(19(24)26-2)10-16(9-12)21-17(22)7-11-5-14-3-4-15(6-11)20-14/h8-11,14-15,20H,3-7H2,1-2H3,(H,21,22). The Labute approximate surface area is 152 Å². The van der Waals surface area contributed by atoms with Gasteiger partial charge in [-0.2, -0.15) is 0 Å². The Hall–Kier alpha value is -2.41. The van der Waals surface area contributed by atoms with Crippen LogP contribution < -0.4 is 10.6 Å². The minimum Gasteiger partial charge on any atom is -0.465 e. The van der Waals surface area contributed by atoms with Crippen molar-refractivity contribution in [2.45, 2.75) is 44.2 Å². The number of ether oxygens (including phenoxy) is 2. The van der Waals surface area contributed by atoms with E-state index in [0.717, 1.165) is 12.8 Å². The van der Waals surface area contributed by atoms with E-state index in [2.05, 4.69) is 10.6 Å². The number of carbonyl (C=O) groups excluding carboxylic acids is 3. The average Bonchev–Trinajstić information content (AvgIpc) is 2.98. The van der Waals surface area contributed by atoms with Gasteiger partial charge in [-0.1, -0.05) is 0 Å². The monoisotopic (exact) mass is 360 g/mol. The number of fused-ring (bicyclic) bond motifs is 2. The maximum absolute atomic E-state index is 12.5. The minimum atomic E-state index is -0.582. The zero-order chi connectivity index (χ0) is 18.7. The van der Waals surface area contributed by atoms with Crippen LogP contribution in [-0.4, -0.2) is 44.1 Å². The first kappa shape index (κ1) is 18.4. The third-order valence-electron chi connectivity index (χ3n) is 5.10. The number of hydrogen-bond acceptors (Lipinski definition) is 6. The molecule has 2 aliphatic rings. The van der Waals surface area contributed by atoms with E-state index in [1.165, 1.54) is 45.3 Å². The maximum Gasteiger partial charge on any atom is 0.337 e. The molecule has 2 saturated heterocycles. The van der Waals surface area contributed by atoms with Gasteiger partial charge < -0.3 is 20.1 Å². The van der Waals surface area contributed by atoms with Crippen LogP contribution in [0, 0.1) is 5.92 Å². The van der Waals surface area contributed by atoms with Crippen molar-refractivity contribution in [1.82, 2.24) is 5.32 Å². The highest BCUT2D eigenvalue weighted by atomic mass is 16.5. The van der Waals surface area contributed by atoms with Crippen LogP contribution in [0.5, 0.6) is 0 Å². The SMILES string of the molecule is COC(=O)c1cc(NC(=O)CC2CC3CCC(C2)N3)cc(C(=O)OC)c1. The first-order chi connectivity index (χ1) is 12.5. The summed E-state index contributed by atoms with van der Waals surface area (Å²) in [4.78, 5) is 36.1. The molecule has 2 heterocycles. The lowest BCUT2D eigenvalue weighted by atomic mass is 9.89. The molecule has 0 radical (unpaired) electrons. The molecule has 1 amide bonds.